The van der Waals surface area contributed by atoms with Gasteiger partial charge >= 0.3 is 12.0 Å². The van der Waals surface area contributed by atoms with Crippen LogP contribution in [-0.4, -0.2) is 59.5 Å². The number of rotatable bonds is 6. The number of carboxylic acids is 1. The average Bonchev–Trinajstić information content (AvgIpc) is 2.99. The van der Waals surface area contributed by atoms with Crippen LogP contribution in [0.3, 0.4) is 0 Å². The number of urea groups is 1. The van der Waals surface area contributed by atoms with E-state index in [-0.39, 0.29) is 30.0 Å². The van der Waals surface area contributed by atoms with Gasteiger partial charge in [0.15, 0.2) is 0 Å². The number of carbonyl (C=O) groups excluding carboxylic acids is 2. The highest BCUT2D eigenvalue weighted by atomic mass is 16.4. The van der Waals surface area contributed by atoms with E-state index in [0.717, 1.165) is 12.8 Å². The molecule has 1 aromatic heterocycles. The number of likely N-dealkylation sites (tertiary alicyclic amines) is 1. The number of aryl methyl sites for hydroxylation is 1. The van der Waals surface area contributed by atoms with Gasteiger partial charge in [-0.05, 0) is 31.7 Å². The second-order valence-corrected chi connectivity index (χ2v) is 7.55. The summed E-state index contributed by atoms with van der Waals surface area (Å²) in [5.41, 5.74) is 0.108. The van der Waals surface area contributed by atoms with Crippen molar-refractivity contribution in [2.45, 2.75) is 40.2 Å². The SMILES string of the molecule is Cc1oc(CN(C)C(=O)C2CCCN(C(=O)NCC(C)C)C2)cc1C(=O)O. The fourth-order valence-electron chi connectivity index (χ4n) is 3.22. The van der Waals surface area contributed by atoms with Crippen molar-refractivity contribution >= 4 is 17.9 Å². The lowest BCUT2D eigenvalue weighted by atomic mass is 9.97. The van der Waals surface area contributed by atoms with Crippen LogP contribution in [0.5, 0.6) is 0 Å². The van der Waals surface area contributed by atoms with Crippen molar-refractivity contribution in [2.75, 3.05) is 26.7 Å². The zero-order chi connectivity index (χ0) is 20.1. The molecule has 27 heavy (non-hydrogen) atoms. The Morgan fingerprint density at radius 3 is 2.70 bits per heavy atom. The Labute approximate surface area is 159 Å². The van der Waals surface area contributed by atoms with Crippen molar-refractivity contribution in [1.82, 2.24) is 15.1 Å². The Balaban J connectivity index is 1.94. The maximum atomic E-state index is 12.8. The lowest BCUT2D eigenvalue weighted by Gasteiger charge is -2.34. The molecule has 2 N–H and O–H groups in total. The van der Waals surface area contributed by atoms with E-state index in [9.17, 15) is 14.4 Å². The smallest absolute Gasteiger partial charge is 0.339 e. The first-order valence-corrected chi connectivity index (χ1v) is 9.29. The Kier molecular flexibility index (Phi) is 6.87. The summed E-state index contributed by atoms with van der Waals surface area (Å²) in [6.45, 7) is 7.50. The molecular weight excluding hydrogens is 350 g/mol. The maximum Gasteiger partial charge on any atom is 0.339 e. The predicted molar refractivity (Wildman–Crippen MR) is 99.4 cm³/mol. The van der Waals surface area contributed by atoms with Gasteiger partial charge in [0.1, 0.15) is 17.1 Å². The molecule has 8 heteroatoms. The molecule has 0 bridgehead atoms. The molecular formula is C19H29N3O5. The van der Waals surface area contributed by atoms with Crippen LogP contribution in [0.25, 0.3) is 0 Å². The second-order valence-electron chi connectivity index (χ2n) is 7.55. The first-order valence-electron chi connectivity index (χ1n) is 9.29. The number of carboxylic acid groups (broad SMARTS) is 1. The molecule has 1 aliphatic heterocycles. The second kappa shape index (κ2) is 8.92. The van der Waals surface area contributed by atoms with E-state index in [1.165, 1.54) is 11.0 Å². The number of nitrogens with zero attached hydrogens (tertiary/aromatic N) is 2. The van der Waals surface area contributed by atoms with E-state index in [2.05, 4.69) is 5.32 Å². The molecule has 1 aromatic rings. The minimum Gasteiger partial charge on any atom is -0.478 e. The number of furan rings is 1. The maximum absolute atomic E-state index is 12.8. The van der Waals surface area contributed by atoms with Crippen molar-refractivity contribution < 1.29 is 23.9 Å². The largest absolute Gasteiger partial charge is 0.478 e. The zero-order valence-corrected chi connectivity index (χ0v) is 16.4. The molecule has 1 fully saturated rings. The minimum atomic E-state index is -1.05. The van der Waals surface area contributed by atoms with Crippen LogP contribution >= 0.6 is 0 Å². The topological polar surface area (TPSA) is 103 Å². The highest BCUT2D eigenvalue weighted by Gasteiger charge is 2.30. The summed E-state index contributed by atoms with van der Waals surface area (Å²) >= 11 is 0. The average molecular weight is 379 g/mol. The molecule has 0 saturated carbocycles. The van der Waals surface area contributed by atoms with Gasteiger partial charge in [0, 0.05) is 26.7 Å². The highest BCUT2D eigenvalue weighted by molar-refractivity contribution is 5.88. The van der Waals surface area contributed by atoms with Gasteiger partial charge < -0.3 is 24.6 Å². The molecule has 1 aliphatic rings. The van der Waals surface area contributed by atoms with Gasteiger partial charge in [0.05, 0.1) is 12.5 Å². The third kappa shape index (κ3) is 5.48. The van der Waals surface area contributed by atoms with E-state index in [1.807, 2.05) is 13.8 Å². The third-order valence-corrected chi connectivity index (χ3v) is 4.69. The van der Waals surface area contributed by atoms with Crippen molar-refractivity contribution in [3.05, 3.63) is 23.2 Å². The fourth-order valence-corrected chi connectivity index (χ4v) is 3.22. The molecule has 1 atom stereocenters. The number of hydrogen-bond donors (Lipinski definition) is 2. The molecule has 0 spiro atoms. The lowest BCUT2D eigenvalue weighted by molar-refractivity contribution is -0.136. The molecule has 1 saturated heterocycles. The first-order chi connectivity index (χ1) is 12.7. The van der Waals surface area contributed by atoms with Gasteiger partial charge in [-0.1, -0.05) is 13.8 Å². The van der Waals surface area contributed by atoms with Gasteiger partial charge in [-0.3, -0.25) is 4.79 Å². The molecule has 0 aromatic carbocycles. The third-order valence-electron chi connectivity index (χ3n) is 4.69. The standard InChI is InChI=1S/C19H29N3O5/c1-12(2)9-20-19(26)22-7-5-6-14(10-22)17(23)21(4)11-15-8-16(18(24)25)13(3)27-15/h8,12,14H,5-7,9-11H2,1-4H3,(H,20,26)(H,24,25). The summed E-state index contributed by atoms with van der Waals surface area (Å²) in [6, 6.07) is 1.32. The number of piperidine rings is 1. The number of nitrogens with one attached hydrogen (secondary N) is 1. The summed E-state index contributed by atoms with van der Waals surface area (Å²) < 4.78 is 5.45. The van der Waals surface area contributed by atoms with Gasteiger partial charge in [-0.15, -0.1) is 0 Å². The number of carbonyl (C=O) groups is 3. The number of amides is 3. The minimum absolute atomic E-state index is 0.0673. The van der Waals surface area contributed by atoms with Crippen LogP contribution in [0.1, 0.15) is 48.6 Å². The van der Waals surface area contributed by atoms with Crippen molar-refractivity contribution in [3.8, 4) is 0 Å². The molecule has 2 heterocycles. The molecule has 1 unspecified atom stereocenters. The van der Waals surface area contributed by atoms with E-state index >= 15 is 0 Å². The van der Waals surface area contributed by atoms with Crippen molar-refractivity contribution in [2.24, 2.45) is 11.8 Å². The van der Waals surface area contributed by atoms with Crippen LogP contribution < -0.4 is 5.32 Å². The summed E-state index contributed by atoms with van der Waals surface area (Å²) in [7, 11) is 1.67. The number of hydrogen-bond acceptors (Lipinski definition) is 4. The Hall–Kier alpha value is -2.51. The molecule has 0 radical (unpaired) electrons. The Morgan fingerprint density at radius 1 is 1.41 bits per heavy atom. The highest BCUT2D eigenvalue weighted by Crippen LogP contribution is 2.21. The van der Waals surface area contributed by atoms with Gasteiger partial charge in [0.25, 0.3) is 0 Å². The quantitative estimate of drug-likeness (QED) is 0.789. The summed E-state index contributed by atoms with van der Waals surface area (Å²) in [5.74, 6) is -0.250. The molecule has 0 aliphatic carbocycles. The molecule has 2 rings (SSSR count). The van der Waals surface area contributed by atoms with E-state index in [1.54, 1.807) is 18.9 Å². The van der Waals surface area contributed by atoms with Crippen LogP contribution in [0.4, 0.5) is 4.79 Å². The lowest BCUT2D eigenvalue weighted by Crippen LogP contribution is -2.49. The fraction of sp³-hybridized carbons (Fsp3) is 0.632. The molecule has 8 nitrogen and oxygen atoms in total. The first kappa shape index (κ1) is 20.8. The van der Waals surface area contributed by atoms with Crippen molar-refractivity contribution in [1.29, 1.82) is 0 Å². The zero-order valence-electron chi connectivity index (χ0n) is 16.4. The van der Waals surface area contributed by atoms with E-state index in [4.69, 9.17) is 9.52 Å². The van der Waals surface area contributed by atoms with Gasteiger partial charge in [-0.2, -0.15) is 0 Å². The van der Waals surface area contributed by atoms with Crippen LogP contribution in [0.15, 0.2) is 10.5 Å². The molecule has 150 valence electrons. The summed E-state index contributed by atoms with van der Waals surface area (Å²) in [4.78, 5) is 39.4. The van der Waals surface area contributed by atoms with Crippen LogP contribution in [-0.2, 0) is 11.3 Å². The van der Waals surface area contributed by atoms with Crippen LogP contribution in [0.2, 0.25) is 0 Å². The summed E-state index contributed by atoms with van der Waals surface area (Å²) in [6.07, 6.45) is 1.51. The number of aromatic carboxylic acids is 1. The van der Waals surface area contributed by atoms with E-state index < -0.39 is 5.97 Å². The Bertz CT molecular complexity index is 698. The Morgan fingerprint density at radius 2 is 2.11 bits per heavy atom. The normalized spacial score (nSPS) is 17.1. The molecule has 3 amide bonds. The van der Waals surface area contributed by atoms with E-state index in [0.29, 0.717) is 37.1 Å². The predicted octanol–water partition coefficient (Wildman–Crippen LogP) is 2.32. The van der Waals surface area contributed by atoms with Crippen LogP contribution in [0, 0.1) is 18.8 Å². The monoisotopic (exact) mass is 379 g/mol. The van der Waals surface area contributed by atoms with Gasteiger partial charge in [-0.25, -0.2) is 9.59 Å². The van der Waals surface area contributed by atoms with Crippen molar-refractivity contribution in [3.63, 3.8) is 0 Å². The summed E-state index contributed by atoms with van der Waals surface area (Å²) in [5, 5.41) is 12.0. The van der Waals surface area contributed by atoms with Gasteiger partial charge in [0.2, 0.25) is 5.91 Å².